The Morgan fingerprint density at radius 2 is 2.08 bits per heavy atom. The Kier molecular flexibility index (Phi) is 2.79. The van der Waals surface area contributed by atoms with Gasteiger partial charge in [0.2, 0.25) is 0 Å². The maximum Gasteiger partial charge on any atom is 0.138 e. The number of hydrogen-bond acceptors (Lipinski definition) is 4. The molecule has 2 N–H and O–H groups in total. The molecule has 1 rings (SSSR count). The van der Waals surface area contributed by atoms with Crippen molar-refractivity contribution < 1.29 is 0 Å². The standard InChI is InChI=1S/C9H7N3S/c1-6-7(4-10)9(13-5-11)3-2-8(6)12/h2-3H,12H2,1H3. The summed E-state index contributed by atoms with van der Waals surface area (Å²) in [7, 11) is 0. The maximum atomic E-state index is 8.82. The van der Waals surface area contributed by atoms with E-state index in [1.165, 1.54) is 0 Å². The van der Waals surface area contributed by atoms with E-state index >= 15 is 0 Å². The van der Waals surface area contributed by atoms with Crippen molar-refractivity contribution in [3.63, 3.8) is 0 Å². The van der Waals surface area contributed by atoms with Gasteiger partial charge in [0.1, 0.15) is 11.5 Å². The molecule has 0 aliphatic rings. The Labute approximate surface area is 80.8 Å². The first-order valence-corrected chi connectivity index (χ1v) is 4.37. The lowest BCUT2D eigenvalue weighted by atomic mass is 10.1. The monoisotopic (exact) mass is 189 g/mol. The van der Waals surface area contributed by atoms with Crippen molar-refractivity contribution in [2.24, 2.45) is 0 Å². The summed E-state index contributed by atoms with van der Waals surface area (Å²) in [4.78, 5) is 0.664. The van der Waals surface area contributed by atoms with Gasteiger partial charge in [-0.3, -0.25) is 0 Å². The first-order chi connectivity index (χ1) is 6.20. The Morgan fingerprint density at radius 1 is 1.38 bits per heavy atom. The molecular weight excluding hydrogens is 182 g/mol. The molecule has 64 valence electrons. The second kappa shape index (κ2) is 3.84. The van der Waals surface area contributed by atoms with Crippen molar-refractivity contribution in [2.75, 3.05) is 5.73 Å². The topological polar surface area (TPSA) is 73.6 Å². The minimum Gasteiger partial charge on any atom is -0.398 e. The molecule has 0 aliphatic carbocycles. The third-order valence-electron chi connectivity index (χ3n) is 1.74. The van der Waals surface area contributed by atoms with Crippen LogP contribution >= 0.6 is 11.8 Å². The zero-order chi connectivity index (χ0) is 9.84. The highest BCUT2D eigenvalue weighted by Gasteiger charge is 2.07. The summed E-state index contributed by atoms with van der Waals surface area (Å²) in [5.41, 5.74) is 7.43. The predicted molar refractivity (Wildman–Crippen MR) is 51.8 cm³/mol. The van der Waals surface area contributed by atoms with E-state index in [1.54, 1.807) is 19.1 Å². The van der Waals surface area contributed by atoms with Gasteiger partial charge < -0.3 is 5.73 Å². The first kappa shape index (κ1) is 9.44. The molecule has 0 fully saturated rings. The largest absolute Gasteiger partial charge is 0.398 e. The number of thioether (sulfide) groups is 1. The smallest absolute Gasteiger partial charge is 0.138 e. The molecule has 0 aliphatic heterocycles. The quantitative estimate of drug-likeness (QED) is 0.416. The molecule has 0 spiro atoms. The molecule has 4 heteroatoms. The number of hydrogen-bond donors (Lipinski definition) is 1. The molecule has 0 radical (unpaired) electrons. The molecule has 13 heavy (non-hydrogen) atoms. The zero-order valence-electron chi connectivity index (χ0n) is 7.03. The van der Waals surface area contributed by atoms with Crippen LogP contribution in [0.2, 0.25) is 0 Å². The van der Waals surface area contributed by atoms with Crippen LogP contribution < -0.4 is 5.73 Å². The predicted octanol–water partition coefficient (Wildman–Crippen LogP) is 2.02. The van der Waals surface area contributed by atoms with Crippen LogP contribution in [0.4, 0.5) is 5.69 Å². The van der Waals surface area contributed by atoms with E-state index in [4.69, 9.17) is 16.3 Å². The van der Waals surface area contributed by atoms with Crippen LogP contribution in [0, 0.1) is 28.9 Å². The van der Waals surface area contributed by atoms with E-state index in [9.17, 15) is 0 Å². The van der Waals surface area contributed by atoms with Gasteiger partial charge in [-0.05, 0) is 36.4 Å². The maximum absolute atomic E-state index is 8.82. The van der Waals surface area contributed by atoms with E-state index in [-0.39, 0.29) is 0 Å². The number of anilines is 1. The molecule has 0 unspecified atom stereocenters. The molecule has 0 aromatic heterocycles. The SMILES string of the molecule is Cc1c(N)ccc(SC#N)c1C#N. The van der Waals surface area contributed by atoms with E-state index in [0.29, 0.717) is 16.1 Å². The van der Waals surface area contributed by atoms with E-state index in [2.05, 4.69) is 0 Å². The molecule has 1 aromatic rings. The van der Waals surface area contributed by atoms with E-state index in [0.717, 1.165) is 17.3 Å². The average molecular weight is 189 g/mol. The number of nitrogen functional groups attached to an aromatic ring is 1. The Bertz CT molecular complexity index is 412. The van der Waals surface area contributed by atoms with Gasteiger partial charge >= 0.3 is 0 Å². The van der Waals surface area contributed by atoms with Gasteiger partial charge in [0.05, 0.1) is 5.56 Å². The lowest BCUT2D eigenvalue weighted by Crippen LogP contribution is -1.94. The van der Waals surface area contributed by atoms with Crippen molar-refractivity contribution in [3.8, 4) is 11.5 Å². The van der Waals surface area contributed by atoms with Gasteiger partial charge in [-0.15, -0.1) is 0 Å². The molecule has 0 bridgehead atoms. The van der Waals surface area contributed by atoms with Crippen molar-refractivity contribution in [3.05, 3.63) is 23.3 Å². The first-order valence-electron chi connectivity index (χ1n) is 3.55. The lowest BCUT2D eigenvalue weighted by molar-refractivity contribution is 1.30. The molecule has 3 nitrogen and oxygen atoms in total. The average Bonchev–Trinajstić information content (AvgIpc) is 2.12. The second-order valence-electron chi connectivity index (χ2n) is 2.46. The highest BCUT2D eigenvalue weighted by Crippen LogP contribution is 2.27. The lowest BCUT2D eigenvalue weighted by Gasteiger charge is -2.04. The zero-order valence-corrected chi connectivity index (χ0v) is 7.85. The van der Waals surface area contributed by atoms with Crippen LogP contribution in [0.1, 0.15) is 11.1 Å². The van der Waals surface area contributed by atoms with Gasteiger partial charge in [-0.2, -0.15) is 10.5 Å². The van der Waals surface area contributed by atoms with Gasteiger partial charge in [0.25, 0.3) is 0 Å². The minimum atomic E-state index is 0.492. The van der Waals surface area contributed by atoms with E-state index < -0.39 is 0 Å². The van der Waals surface area contributed by atoms with Crippen LogP contribution in [-0.4, -0.2) is 0 Å². The number of nitriles is 2. The van der Waals surface area contributed by atoms with Crippen molar-refractivity contribution in [1.82, 2.24) is 0 Å². The summed E-state index contributed by atoms with van der Waals surface area (Å²) in [6.07, 6.45) is 0. The van der Waals surface area contributed by atoms with Crippen LogP contribution in [-0.2, 0) is 0 Å². The summed E-state index contributed by atoms with van der Waals surface area (Å²) in [6.45, 7) is 1.77. The van der Waals surface area contributed by atoms with Crippen molar-refractivity contribution >= 4 is 17.4 Å². The summed E-state index contributed by atoms with van der Waals surface area (Å²) >= 11 is 0.977. The summed E-state index contributed by atoms with van der Waals surface area (Å²) in [5.74, 6) is 0. The van der Waals surface area contributed by atoms with Gasteiger partial charge in [-0.25, -0.2) is 0 Å². The fourth-order valence-corrected chi connectivity index (χ4v) is 1.51. The fourth-order valence-electron chi connectivity index (χ4n) is 0.976. The van der Waals surface area contributed by atoms with Gasteiger partial charge in [0.15, 0.2) is 0 Å². The van der Waals surface area contributed by atoms with Crippen molar-refractivity contribution in [1.29, 1.82) is 10.5 Å². The van der Waals surface area contributed by atoms with Gasteiger partial charge in [-0.1, -0.05) is 0 Å². The van der Waals surface area contributed by atoms with Crippen LogP contribution in [0.5, 0.6) is 0 Å². The van der Waals surface area contributed by atoms with Crippen LogP contribution in [0.25, 0.3) is 0 Å². The fraction of sp³-hybridized carbons (Fsp3) is 0.111. The number of nitrogens with two attached hydrogens (primary N) is 1. The van der Waals surface area contributed by atoms with Crippen LogP contribution in [0.3, 0.4) is 0 Å². The number of nitrogens with zero attached hydrogens (tertiary/aromatic N) is 2. The third kappa shape index (κ3) is 1.74. The second-order valence-corrected chi connectivity index (χ2v) is 3.28. The minimum absolute atomic E-state index is 0.492. The number of thiocyanates is 1. The van der Waals surface area contributed by atoms with Gasteiger partial charge in [0, 0.05) is 10.6 Å². The van der Waals surface area contributed by atoms with Crippen LogP contribution in [0.15, 0.2) is 17.0 Å². The number of benzene rings is 1. The Balaban J connectivity index is 3.34. The van der Waals surface area contributed by atoms with E-state index in [1.807, 2.05) is 11.5 Å². The Hall–Kier alpha value is -1.65. The summed E-state index contributed by atoms with van der Waals surface area (Å²) in [5, 5.41) is 19.2. The molecule has 1 aromatic carbocycles. The normalized spacial score (nSPS) is 8.85. The Morgan fingerprint density at radius 3 is 2.62 bits per heavy atom. The molecule has 0 amide bonds. The molecule has 0 saturated heterocycles. The third-order valence-corrected chi connectivity index (χ3v) is 2.39. The molecular formula is C9H7N3S. The highest BCUT2D eigenvalue weighted by molar-refractivity contribution is 8.03. The molecule has 0 atom stereocenters. The number of rotatable bonds is 1. The molecule has 0 heterocycles. The summed E-state index contributed by atoms with van der Waals surface area (Å²) < 4.78 is 0. The van der Waals surface area contributed by atoms with Crippen molar-refractivity contribution in [2.45, 2.75) is 11.8 Å². The summed E-state index contributed by atoms with van der Waals surface area (Å²) in [6, 6.07) is 5.43. The highest BCUT2D eigenvalue weighted by atomic mass is 32.2. The molecule has 0 saturated carbocycles.